The Morgan fingerprint density at radius 3 is 2.10 bits per heavy atom. The Labute approximate surface area is 169 Å². The zero-order chi connectivity index (χ0) is 18.9. The summed E-state index contributed by atoms with van der Waals surface area (Å²) in [6.07, 6.45) is 1.75. The van der Waals surface area contributed by atoms with E-state index in [0.29, 0.717) is 0 Å². The lowest BCUT2D eigenvalue weighted by molar-refractivity contribution is 0.616. The Kier molecular flexibility index (Phi) is 2.91. The van der Waals surface area contributed by atoms with Crippen molar-refractivity contribution in [1.82, 2.24) is 0 Å². The van der Waals surface area contributed by atoms with Gasteiger partial charge in [0.05, 0.1) is 11.1 Å². The molecule has 0 saturated carbocycles. The predicted molar refractivity (Wildman–Crippen MR) is 122 cm³/mol. The van der Waals surface area contributed by atoms with Crippen molar-refractivity contribution in [2.75, 3.05) is 0 Å². The minimum atomic E-state index is 0.923. The van der Waals surface area contributed by atoms with Crippen LogP contribution in [0.25, 0.3) is 64.9 Å². The first-order chi connectivity index (χ1) is 14.3. The molecule has 0 unspecified atom stereocenters. The van der Waals surface area contributed by atoms with E-state index in [1.54, 1.807) is 17.6 Å². The molecule has 136 valence electrons. The summed E-state index contributed by atoms with van der Waals surface area (Å²) in [6, 6.07) is 25.9. The summed E-state index contributed by atoms with van der Waals surface area (Å²) in [5.41, 5.74) is 1.85. The van der Waals surface area contributed by atoms with Crippen LogP contribution in [0, 0.1) is 0 Å². The average Bonchev–Trinajstić information content (AvgIpc) is 3.49. The fourth-order valence-electron chi connectivity index (χ4n) is 4.41. The van der Waals surface area contributed by atoms with Gasteiger partial charge in [-0.2, -0.15) is 0 Å². The van der Waals surface area contributed by atoms with E-state index in [1.165, 1.54) is 32.3 Å². The van der Waals surface area contributed by atoms with E-state index in [-0.39, 0.29) is 0 Å². The van der Waals surface area contributed by atoms with Crippen molar-refractivity contribution in [2.24, 2.45) is 0 Å². The zero-order valence-electron chi connectivity index (χ0n) is 15.3. The quantitative estimate of drug-likeness (QED) is 0.263. The van der Waals surface area contributed by atoms with E-state index in [9.17, 15) is 0 Å². The Bertz CT molecular complexity index is 1700. The molecule has 3 aromatic heterocycles. The molecule has 29 heavy (non-hydrogen) atoms. The Morgan fingerprint density at radius 1 is 0.586 bits per heavy atom. The van der Waals surface area contributed by atoms with Gasteiger partial charge in [-0.1, -0.05) is 30.3 Å². The highest BCUT2D eigenvalue weighted by Gasteiger charge is 2.11. The number of rotatable bonds is 1. The molecule has 0 spiro atoms. The van der Waals surface area contributed by atoms with E-state index in [1.807, 2.05) is 6.07 Å². The van der Waals surface area contributed by atoms with Crippen LogP contribution in [-0.2, 0) is 0 Å². The Hall–Kier alpha value is -3.56. The zero-order valence-corrected chi connectivity index (χ0v) is 16.1. The molecule has 0 N–H and O–H groups in total. The van der Waals surface area contributed by atoms with Gasteiger partial charge in [0.1, 0.15) is 16.9 Å². The summed E-state index contributed by atoms with van der Waals surface area (Å²) in [7, 11) is 0. The van der Waals surface area contributed by atoms with Crippen molar-refractivity contribution in [2.45, 2.75) is 0 Å². The number of furan rings is 2. The van der Waals surface area contributed by atoms with Crippen LogP contribution in [0.1, 0.15) is 0 Å². The van der Waals surface area contributed by atoms with Crippen molar-refractivity contribution < 1.29 is 8.83 Å². The van der Waals surface area contributed by atoms with Crippen molar-refractivity contribution >= 4 is 65.6 Å². The molecule has 0 amide bonds. The van der Waals surface area contributed by atoms with Gasteiger partial charge >= 0.3 is 0 Å². The summed E-state index contributed by atoms with van der Waals surface area (Å²) in [5, 5.41) is 11.7. The van der Waals surface area contributed by atoms with Crippen LogP contribution in [0.2, 0.25) is 0 Å². The number of thiophene rings is 1. The molecular formula is C26H14O2S. The molecule has 0 aliphatic carbocycles. The van der Waals surface area contributed by atoms with Crippen molar-refractivity contribution in [3.63, 3.8) is 0 Å². The van der Waals surface area contributed by atoms with E-state index in [2.05, 4.69) is 72.1 Å². The SMILES string of the molecule is c1csc(-c2cc3cc4ccc5c6cc7occc7cc6ccc5c4cc3o2)c1. The van der Waals surface area contributed by atoms with Gasteiger partial charge in [0.15, 0.2) is 0 Å². The maximum Gasteiger partial charge on any atom is 0.145 e. The van der Waals surface area contributed by atoms with Crippen molar-refractivity contribution in [3.05, 3.63) is 84.4 Å². The highest BCUT2D eigenvalue weighted by atomic mass is 32.1. The standard InChI is InChI=1S/C26H14O2S/c1-2-26(29-9-1)25-12-18-11-16-4-6-19-20(22(16)14-24(18)28-25)5-3-15-10-17-7-8-27-23(17)13-21(15)19/h1-14H. The van der Waals surface area contributed by atoms with Crippen molar-refractivity contribution in [3.8, 4) is 10.6 Å². The summed E-state index contributed by atoms with van der Waals surface area (Å²) in [6.45, 7) is 0. The summed E-state index contributed by atoms with van der Waals surface area (Å²) >= 11 is 1.70. The fourth-order valence-corrected chi connectivity index (χ4v) is 5.09. The summed E-state index contributed by atoms with van der Waals surface area (Å²) < 4.78 is 11.8. The summed E-state index contributed by atoms with van der Waals surface area (Å²) in [4.78, 5) is 1.16. The van der Waals surface area contributed by atoms with Gasteiger partial charge in [-0.15, -0.1) is 11.3 Å². The first-order valence-electron chi connectivity index (χ1n) is 9.57. The van der Waals surface area contributed by atoms with Crippen molar-refractivity contribution in [1.29, 1.82) is 0 Å². The normalized spacial score (nSPS) is 12.1. The average molecular weight is 390 g/mol. The lowest BCUT2D eigenvalue weighted by Gasteiger charge is -2.08. The van der Waals surface area contributed by atoms with E-state index in [4.69, 9.17) is 8.83 Å². The first-order valence-corrected chi connectivity index (χ1v) is 10.5. The van der Waals surface area contributed by atoms with Crippen LogP contribution in [0.15, 0.2) is 93.3 Å². The van der Waals surface area contributed by atoms with Gasteiger partial charge in [0.2, 0.25) is 0 Å². The lowest BCUT2D eigenvalue weighted by atomic mass is 9.96. The second kappa shape index (κ2) is 5.49. The minimum Gasteiger partial charge on any atom is -0.464 e. The highest BCUT2D eigenvalue weighted by molar-refractivity contribution is 7.13. The number of hydrogen-bond donors (Lipinski definition) is 0. The van der Waals surface area contributed by atoms with Crippen LogP contribution in [0.4, 0.5) is 0 Å². The molecule has 7 rings (SSSR count). The molecule has 0 saturated heterocycles. The number of fused-ring (bicyclic) bond motifs is 7. The maximum atomic E-state index is 6.20. The number of benzene rings is 4. The van der Waals surface area contributed by atoms with Gasteiger partial charge < -0.3 is 8.83 Å². The van der Waals surface area contributed by atoms with E-state index >= 15 is 0 Å². The maximum absolute atomic E-state index is 6.20. The molecule has 0 radical (unpaired) electrons. The fraction of sp³-hybridized carbons (Fsp3) is 0. The molecular weight excluding hydrogens is 376 g/mol. The third-order valence-corrected chi connectivity index (χ3v) is 6.69. The summed E-state index contributed by atoms with van der Waals surface area (Å²) in [5.74, 6) is 0.931. The largest absolute Gasteiger partial charge is 0.464 e. The second-order valence-corrected chi connectivity index (χ2v) is 8.40. The van der Waals surface area contributed by atoms with Gasteiger partial charge in [-0.3, -0.25) is 0 Å². The molecule has 0 fully saturated rings. The smallest absolute Gasteiger partial charge is 0.145 e. The van der Waals surface area contributed by atoms with Crippen LogP contribution >= 0.6 is 11.3 Å². The van der Waals surface area contributed by atoms with Crippen LogP contribution < -0.4 is 0 Å². The topological polar surface area (TPSA) is 26.3 Å². The third-order valence-electron chi connectivity index (χ3n) is 5.81. The molecule has 2 nitrogen and oxygen atoms in total. The Morgan fingerprint density at radius 2 is 1.34 bits per heavy atom. The monoisotopic (exact) mass is 390 g/mol. The molecule has 0 aliphatic heterocycles. The molecule has 4 aromatic carbocycles. The Balaban J connectivity index is 1.56. The van der Waals surface area contributed by atoms with Gasteiger partial charge in [0.25, 0.3) is 0 Å². The van der Waals surface area contributed by atoms with Crippen LogP contribution in [0.3, 0.4) is 0 Å². The van der Waals surface area contributed by atoms with Gasteiger partial charge in [-0.25, -0.2) is 0 Å². The third kappa shape index (κ3) is 2.16. The van der Waals surface area contributed by atoms with Gasteiger partial charge in [0, 0.05) is 10.8 Å². The van der Waals surface area contributed by atoms with E-state index in [0.717, 1.165) is 32.6 Å². The lowest BCUT2D eigenvalue weighted by Crippen LogP contribution is -1.81. The first kappa shape index (κ1) is 15.4. The van der Waals surface area contributed by atoms with E-state index < -0.39 is 0 Å². The van der Waals surface area contributed by atoms with Gasteiger partial charge in [-0.05, 0) is 80.2 Å². The second-order valence-electron chi connectivity index (χ2n) is 7.46. The minimum absolute atomic E-state index is 0.923. The molecule has 3 heterocycles. The molecule has 7 aromatic rings. The molecule has 3 heteroatoms. The highest BCUT2D eigenvalue weighted by Crippen LogP contribution is 2.37. The molecule has 0 aliphatic rings. The van der Waals surface area contributed by atoms with Crippen LogP contribution in [-0.4, -0.2) is 0 Å². The molecule has 0 bridgehead atoms. The number of hydrogen-bond acceptors (Lipinski definition) is 3. The van der Waals surface area contributed by atoms with Crippen LogP contribution in [0.5, 0.6) is 0 Å². The predicted octanol–water partition coefficient (Wildman–Crippen LogP) is 8.37. The molecule has 0 atom stereocenters.